The lowest BCUT2D eigenvalue weighted by atomic mass is 9.67. The van der Waals surface area contributed by atoms with Gasteiger partial charge in [-0.2, -0.15) is 0 Å². The van der Waals surface area contributed by atoms with Crippen LogP contribution in [-0.2, 0) is 4.79 Å². The first-order chi connectivity index (χ1) is 7.74. The number of carbonyl (C=O) groups excluding carboxylic acids is 1. The number of nitrogens with one attached hydrogen (secondary N) is 2. The summed E-state index contributed by atoms with van der Waals surface area (Å²) in [4.78, 5) is 11.4. The highest BCUT2D eigenvalue weighted by Crippen LogP contribution is 2.43. The van der Waals surface area contributed by atoms with E-state index in [9.17, 15) is 4.79 Å². The van der Waals surface area contributed by atoms with Crippen LogP contribution >= 0.6 is 0 Å². The highest BCUT2D eigenvalue weighted by Gasteiger charge is 2.35. The molecule has 3 heteroatoms. The molecule has 3 nitrogen and oxygen atoms in total. The number of amides is 1. The van der Waals surface area contributed by atoms with Crippen LogP contribution in [0.2, 0.25) is 0 Å². The quantitative estimate of drug-likeness (QED) is 0.765. The van der Waals surface area contributed by atoms with Crippen molar-refractivity contribution in [3.05, 3.63) is 0 Å². The van der Waals surface area contributed by atoms with Gasteiger partial charge in [-0.1, -0.05) is 13.3 Å². The molecule has 1 aliphatic heterocycles. The van der Waals surface area contributed by atoms with Crippen LogP contribution in [0.4, 0.5) is 0 Å². The van der Waals surface area contributed by atoms with E-state index in [-0.39, 0.29) is 5.91 Å². The fourth-order valence-electron chi connectivity index (χ4n) is 2.84. The second-order valence-electron chi connectivity index (χ2n) is 5.48. The number of hydrogen-bond acceptors (Lipinski definition) is 2. The molecule has 0 radical (unpaired) electrons. The second kappa shape index (κ2) is 5.17. The van der Waals surface area contributed by atoms with Crippen molar-refractivity contribution in [2.24, 2.45) is 5.41 Å². The average Bonchev–Trinajstić information content (AvgIpc) is 2.42. The highest BCUT2D eigenvalue weighted by atomic mass is 16.1. The molecule has 1 aliphatic carbocycles. The first-order valence-electron chi connectivity index (χ1n) is 6.74. The molecule has 2 rings (SSSR count). The first kappa shape index (κ1) is 11.9. The predicted molar refractivity (Wildman–Crippen MR) is 65.2 cm³/mol. The normalized spacial score (nSPS) is 29.1. The summed E-state index contributed by atoms with van der Waals surface area (Å²) in [6.45, 7) is 4.26. The Morgan fingerprint density at radius 1 is 1.44 bits per heavy atom. The molecule has 0 bridgehead atoms. The van der Waals surface area contributed by atoms with Crippen LogP contribution in [0.1, 0.15) is 51.9 Å². The number of rotatable bonds is 4. The summed E-state index contributed by atoms with van der Waals surface area (Å²) in [6, 6.07) is 0.409. The molecule has 1 saturated carbocycles. The maximum Gasteiger partial charge on any atom is 0.221 e. The summed E-state index contributed by atoms with van der Waals surface area (Å²) in [5.41, 5.74) is 0.558. The molecule has 1 atom stereocenters. The van der Waals surface area contributed by atoms with Crippen LogP contribution in [0.3, 0.4) is 0 Å². The minimum absolute atomic E-state index is 0.217. The van der Waals surface area contributed by atoms with Crippen molar-refractivity contribution in [2.45, 2.75) is 57.9 Å². The summed E-state index contributed by atoms with van der Waals surface area (Å²) in [5.74, 6) is 0.217. The van der Waals surface area contributed by atoms with Gasteiger partial charge in [-0.3, -0.25) is 4.79 Å². The lowest BCUT2D eigenvalue weighted by molar-refractivity contribution is -0.121. The van der Waals surface area contributed by atoms with Gasteiger partial charge in [0.1, 0.15) is 0 Å². The van der Waals surface area contributed by atoms with Gasteiger partial charge < -0.3 is 10.6 Å². The zero-order valence-electron chi connectivity index (χ0n) is 10.3. The largest absolute Gasteiger partial charge is 0.356 e. The van der Waals surface area contributed by atoms with Crippen molar-refractivity contribution in [1.82, 2.24) is 10.6 Å². The van der Waals surface area contributed by atoms with Crippen LogP contribution < -0.4 is 10.6 Å². The van der Waals surface area contributed by atoms with Crippen molar-refractivity contribution >= 4 is 5.91 Å². The Labute approximate surface area is 98.4 Å². The van der Waals surface area contributed by atoms with E-state index in [0.717, 1.165) is 25.9 Å². The molecule has 2 aliphatic rings. The summed E-state index contributed by atoms with van der Waals surface area (Å²) >= 11 is 0. The van der Waals surface area contributed by atoms with E-state index in [0.29, 0.717) is 17.9 Å². The molecule has 1 unspecified atom stereocenters. The van der Waals surface area contributed by atoms with Gasteiger partial charge in [0, 0.05) is 25.6 Å². The van der Waals surface area contributed by atoms with Gasteiger partial charge in [0.2, 0.25) is 5.91 Å². The molecule has 0 spiro atoms. The smallest absolute Gasteiger partial charge is 0.221 e. The predicted octanol–water partition coefficient (Wildman–Crippen LogP) is 1.82. The first-order valence-corrected chi connectivity index (χ1v) is 6.74. The van der Waals surface area contributed by atoms with E-state index in [1.54, 1.807) is 0 Å². The molecule has 0 aromatic carbocycles. The van der Waals surface area contributed by atoms with Gasteiger partial charge in [-0.25, -0.2) is 0 Å². The number of hydrogen-bond donors (Lipinski definition) is 2. The zero-order chi connectivity index (χ0) is 11.4. The van der Waals surface area contributed by atoms with Crippen LogP contribution in [0.25, 0.3) is 0 Å². The molecule has 1 heterocycles. The van der Waals surface area contributed by atoms with Crippen LogP contribution in [0.15, 0.2) is 0 Å². The van der Waals surface area contributed by atoms with E-state index >= 15 is 0 Å². The van der Waals surface area contributed by atoms with Gasteiger partial charge in [0.25, 0.3) is 0 Å². The molecule has 2 fully saturated rings. The molecule has 2 N–H and O–H groups in total. The molecule has 0 aromatic heterocycles. The van der Waals surface area contributed by atoms with E-state index in [1.807, 2.05) is 0 Å². The Morgan fingerprint density at radius 3 is 2.88 bits per heavy atom. The van der Waals surface area contributed by atoms with Gasteiger partial charge in [0.15, 0.2) is 0 Å². The summed E-state index contributed by atoms with van der Waals surface area (Å²) in [7, 11) is 0. The van der Waals surface area contributed by atoms with Gasteiger partial charge >= 0.3 is 0 Å². The monoisotopic (exact) mass is 224 g/mol. The molecule has 0 aromatic rings. The summed E-state index contributed by atoms with van der Waals surface area (Å²) in [5, 5.41) is 6.56. The fraction of sp³-hybridized carbons (Fsp3) is 0.923. The zero-order valence-corrected chi connectivity index (χ0v) is 10.3. The Morgan fingerprint density at radius 2 is 2.25 bits per heavy atom. The lowest BCUT2D eigenvalue weighted by Gasteiger charge is -2.42. The Hall–Kier alpha value is -0.570. The molecular weight excluding hydrogens is 200 g/mol. The lowest BCUT2D eigenvalue weighted by Crippen LogP contribution is -2.44. The third-order valence-corrected chi connectivity index (χ3v) is 4.41. The topological polar surface area (TPSA) is 41.1 Å². The summed E-state index contributed by atoms with van der Waals surface area (Å²) in [6.07, 6.45) is 8.32. The average molecular weight is 224 g/mol. The second-order valence-corrected chi connectivity index (χ2v) is 5.48. The van der Waals surface area contributed by atoms with Crippen LogP contribution in [0.5, 0.6) is 0 Å². The van der Waals surface area contributed by atoms with Crippen molar-refractivity contribution in [3.8, 4) is 0 Å². The van der Waals surface area contributed by atoms with E-state index < -0.39 is 0 Å². The van der Waals surface area contributed by atoms with Gasteiger partial charge in [-0.15, -0.1) is 0 Å². The van der Waals surface area contributed by atoms with E-state index in [2.05, 4.69) is 17.6 Å². The van der Waals surface area contributed by atoms with Crippen molar-refractivity contribution in [3.63, 3.8) is 0 Å². The third-order valence-electron chi connectivity index (χ3n) is 4.41. The van der Waals surface area contributed by atoms with Crippen molar-refractivity contribution < 1.29 is 4.79 Å². The Bertz CT molecular complexity index is 243. The molecule has 1 saturated heterocycles. The molecule has 1 amide bonds. The highest BCUT2D eigenvalue weighted by molar-refractivity contribution is 5.76. The van der Waals surface area contributed by atoms with E-state index in [1.165, 1.54) is 25.7 Å². The van der Waals surface area contributed by atoms with Gasteiger partial charge in [-0.05, 0) is 37.5 Å². The Balaban J connectivity index is 1.77. The summed E-state index contributed by atoms with van der Waals surface area (Å²) < 4.78 is 0. The maximum atomic E-state index is 11.4. The SMILES string of the molecule is CCC1(CNC2CCCNC(=O)C2)CCC1. The standard InChI is InChI=1S/C13H24N2O/c1-2-13(6-4-7-13)10-15-11-5-3-8-14-12(16)9-11/h11,15H,2-10H2,1H3,(H,14,16). The van der Waals surface area contributed by atoms with Crippen LogP contribution in [-0.4, -0.2) is 25.0 Å². The van der Waals surface area contributed by atoms with Crippen molar-refractivity contribution in [2.75, 3.05) is 13.1 Å². The maximum absolute atomic E-state index is 11.4. The van der Waals surface area contributed by atoms with Gasteiger partial charge in [0.05, 0.1) is 0 Å². The molecule has 92 valence electrons. The van der Waals surface area contributed by atoms with Crippen molar-refractivity contribution in [1.29, 1.82) is 0 Å². The Kier molecular flexibility index (Phi) is 3.85. The minimum atomic E-state index is 0.217. The number of carbonyl (C=O) groups is 1. The molecule has 16 heavy (non-hydrogen) atoms. The van der Waals surface area contributed by atoms with E-state index in [4.69, 9.17) is 0 Å². The fourth-order valence-corrected chi connectivity index (χ4v) is 2.84. The third kappa shape index (κ3) is 2.76. The van der Waals surface area contributed by atoms with Crippen LogP contribution in [0, 0.1) is 5.41 Å². The molecular formula is C13H24N2O. The minimum Gasteiger partial charge on any atom is -0.356 e.